The number of rotatable bonds is 33. The first-order valence-electron chi connectivity index (χ1n) is 25.3. The molecule has 0 aliphatic rings. The van der Waals surface area contributed by atoms with Crippen LogP contribution in [0.5, 0.6) is 23.0 Å². The zero-order valence-electron chi connectivity index (χ0n) is 40.0. The van der Waals surface area contributed by atoms with Gasteiger partial charge in [-0.05, 0) is 68.7 Å². The van der Waals surface area contributed by atoms with Gasteiger partial charge in [0.1, 0.15) is 23.0 Å². The average molecular weight is 873 g/mol. The third kappa shape index (κ3) is 16.3. The number of hydrogen-bond donors (Lipinski definition) is 2. The zero-order valence-corrected chi connectivity index (χ0v) is 40.0. The molecule has 348 valence electrons. The van der Waals surface area contributed by atoms with Crippen molar-refractivity contribution in [1.29, 1.82) is 0 Å². The minimum atomic E-state index is 0.0666. The molecule has 0 fully saturated rings. The quantitative estimate of drug-likeness (QED) is 0.0405. The van der Waals surface area contributed by atoms with Crippen LogP contribution in [-0.4, -0.2) is 42.9 Å². The zero-order chi connectivity index (χ0) is 45.2. The van der Waals surface area contributed by atoms with Gasteiger partial charge >= 0.3 is 0 Å². The molecule has 0 radical (unpaired) electrons. The van der Waals surface area contributed by atoms with E-state index in [2.05, 4.69) is 30.5 Å². The molecule has 2 N–H and O–H groups in total. The van der Waals surface area contributed by atoms with E-state index in [0.29, 0.717) is 71.0 Å². The summed E-state index contributed by atoms with van der Waals surface area (Å²) in [6.07, 6.45) is 33.0. The maximum absolute atomic E-state index is 11.7. The van der Waals surface area contributed by atoms with Gasteiger partial charge in [0.05, 0.1) is 30.0 Å². The van der Waals surface area contributed by atoms with Gasteiger partial charge in [-0.1, -0.05) is 185 Å². The molecule has 8 heteroatoms. The normalized spacial score (nSPS) is 11.4. The molecule has 0 unspecified atom stereocenters. The summed E-state index contributed by atoms with van der Waals surface area (Å²) < 4.78 is 14.5. The Morgan fingerprint density at radius 3 is 1.25 bits per heavy atom. The van der Waals surface area contributed by atoms with Gasteiger partial charge in [-0.3, -0.25) is 0 Å². The molecule has 64 heavy (non-hydrogen) atoms. The van der Waals surface area contributed by atoms with Crippen molar-refractivity contribution >= 4 is 0 Å². The maximum Gasteiger partial charge on any atom is 0.180 e. The van der Waals surface area contributed by atoms with Crippen LogP contribution in [0.1, 0.15) is 185 Å². The number of ether oxygens (including phenoxy) is 2. The summed E-state index contributed by atoms with van der Waals surface area (Å²) in [4.78, 5) is 14.8. The van der Waals surface area contributed by atoms with Crippen molar-refractivity contribution in [2.45, 2.75) is 188 Å². The summed E-state index contributed by atoms with van der Waals surface area (Å²) in [5, 5.41) is 23.3. The number of aromatic hydroxyl groups is 2. The minimum absolute atomic E-state index is 0.0666. The molecule has 2 aromatic heterocycles. The Hall–Kier alpha value is -4.85. The lowest BCUT2D eigenvalue weighted by molar-refractivity contribution is 0.300. The molecule has 5 rings (SSSR count). The smallest absolute Gasteiger partial charge is 0.180 e. The van der Waals surface area contributed by atoms with Crippen LogP contribution in [0.15, 0.2) is 72.9 Å². The molecule has 0 saturated carbocycles. The predicted molar refractivity (Wildman–Crippen MR) is 266 cm³/mol. The van der Waals surface area contributed by atoms with Crippen LogP contribution in [0.25, 0.3) is 34.3 Å². The van der Waals surface area contributed by atoms with Gasteiger partial charge in [-0.15, -0.1) is 0 Å². The van der Waals surface area contributed by atoms with Gasteiger partial charge in [-0.2, -0.15) is 0 Å². The lowest BCUT2D eigenvalue weighted by atomic mass is 10.1. The molecule has 0 saturated heterocycles. The van der Waals surface area contributed by atoms with E-state index in [-0.39, 0.29) is 11.5 Å². The third-order valence-electron chi connectivity index (χ3n) is 12.6. The molecule has 0 amide bonds. The SMILES string of the molecule is CCCCCCCCCCCCCCOc1ccc(-c2nc(-c3ccc(OCCCCCCCCCCCCCC)c(C)c3O)nc(-c3cccn3Cc3ccccc3)n2)c(O)c1C. The van der Waals surface area contributed by atoms with Crippen LogP contribution >= 0.6 is 0 Å². The molecule has 5 aromatic rings. The Bertz CT molecular complexity index is 1960. The maximum atomic E-state index is 11.7. The summed E-state index contributed by atoms with van der Waals surface area (Å²) in [7, 11) is 0. The van der Waals surface area contributed by atoms with E-state index in [0.717, 1.165) is 36.9 Å². The topological polar surface area (TPSA) is 103 Å². The van der Waals surface area contributed by atoms with Crippen LogP contribution in [0, 0.1) is 13.8 Å². The Balaban J connectivity index is 1.24. The lowest BCUT2D eigenvalue weighted by Crippen LogP contribution is -2.06. The van der Waals surface area contributed by atoms with Crippen molar-refractivity contribution in [3.05, 3.63) is 89.6 Å². The number of phenolic OH excluding ortho intramolecular Hbond substituents is 2. The molecule has 0 spiro atoms. The van der Waals surface area contributed by atoms with Gasteiger partial charge in [0.25, 0.3) is 0 Å². The number of aromatic nitrogens is 4. The average Bonchev–Trinajstić information content (AvgIpc) is 3.77. The highest BCUT2D eigenvalue weighted by molar-refractivity contribution is 5.74. The van der Waals surface area contributed by atoms with Crippen LogP contribution < -0.4 is 9.47 Å². The molecule has 0 bridgehead atoms. The van der Waals surface area contributed by atoms with Gasteiger partial charge in [-0.25, -0.2) is 15.0 Å². The lowest BCUT2D eigenvalue weighted by Gasteiger charge is -2.16. The number of hydrogen-bond acceptors (Lipinski definition) is 7. The first kappa shape index (κ1) is 50.2. The third-order valence-corrected chi connectivity index (χ3v) is 12.6. The van der Waals surface area contributed by atoms with Crippen molar-refractivity contribution in [2.75, 3.05) is 13.2 Å². The number of benzene rings is 3. The fourth-order valence-corrected chi connectivity index (χ4v) is 8.55. The van der Waals surface area contributed by atoms with E-state index in [1.165, 1.54) is 128 Å². The second-order valence-corrected chi connectivity index (χ2v) is 18.0. The standard InChI is InChI=1S/C56H80N4O4/c1-5-7-9-11-13-15-17-19-21-23-25-30-41-63-50-38-36-47(52(61)44(50)3)54-57-55(59-56(58-54)49-35-32-40-60(49)43-46-33-28-27-29-34-46)48-37-39-51(45(4)53(48)62)64-42-31-26-24-22-20-18-16-14-12-10-8-6-2/h27-29,32-40,61-62H,5-26,30-31,41-43H2,1-4H3. The molecule has 0 atom stereocenters. The Kier molecular flexibility index (Phi) is 22.6. The van der Waals surface area contributed by atoms with Crippen LogP contribution in [0.3, 0.4) is 0 Å². The van der Waals surface area contributed by atoms with E-state index in [4.69, 9.17) is 24.4 Å². The first-order valence-corrected chi connectivity index (χ1v) is 25.3. The predicted octanol–water partition coefficient (Wildman–Crippen LogP) is 15.9. The van der Waals surface area contributed by atoms with Gasteiger partial charge in [0, 0.05) is 23.9 Å². The molecule has 8 nitrogen and oxygen atoms in total. The second-order valence-electron chi connectivity index (χ2n) is 18.0. The van der Waals surface area contributed by atoms with Crippen molar-refractivity contribution < 1.29 is 19.7 Å². The van der Waals surface area contributed by atoms with Crippen LogP contribution in [0.2, 0.25) is 0 Å². The summed E-state index contributed by atoms with van der Waals surface area (Å²) in [6.45, 7) is 10.1. The summed E-state index contributed by atoms with van der Waals surface area (Å²) in [5.41, 5.74) is 4.17. The highest BCUT2D eigenvalue weighted by Crippen LogP contribution is 2.40. The van der Waals surface area contributed by atoms with Gasteiger partial charge < -0.3 is 24.3 Å². The van der Waals surface area contributed by atoms with E-state index >= 15 is 0 Å². The van der Waals surface area contributed by atoms with E-state index < -0.39 is 0 Å². The Morgan fingerprint density at radius 2 is 0.828 bits per heavy atom. The first-order chi connectivity index (χ1) is 31.4. The van der Waals surface area contributed by atoms with Crippen molar-refractivity contribution in [3.8, 4) is 57.3 Å². The largest absolute Gasteiger partial charge is 0.507 e. The summed E-state index contributed by atoms with van der Waals surface area (Å²) in [5.74, 6) is 2.50. The van der Waals surface area contributed by atoms with Gasteiger partial charge in [0.2, 0.25) is 0 Å². The summed E-state index contributed by atoms with van der Waals surface area (Å²) >= 11 is 0. The van der Waals surface area contributed by atoms with Gasteiger partial charge in [0.15, 0.2) is 17.5 Å². The highest BCUT2D eigenvalue weighted by atomic mass is 16.5. The van der Waals surface area contributed by atoms with Crippen molar-refractivity contribution in [2.24, 2.45) is 0 Å². The minimum Gasteiger partial charge on any atom is -0.507 e. The van der Waals surface area contributed by atoms with E-state index in [9.17, 15) is 10.2 Å². The summed E-state index contributed by atoms with van der Waals surface area (Å²) in [6, 6.07) is 21.7. The second kappa shape index (κ2) is 28.8. The molecule has 2 heterocycles. The number of phenols is 2. The molecule has 3 aromatic carbocycles. The fourth-order valence-electron chi connectivity index (χ4n) is 8.55. The van der Waals surface area contributed by atoms with Crippen LogP contribution in [-0.2, 0) is 6.54 Å². The van der Waals surface area contributed by atoms with Crippen LogP contribution in [0.4, 0.5) is 0 Å². The fraction of sp³-hybridized carbons (Fsp3) is 0.554. The van der Waals surface area contributed by atoms with Crippen molar-refractivity contribution in [1.82, 2.24) is 19.5 Å². The van der Waals surface area contributed by atoms with E-state index in [1.807, 2.05) is 74.6 Å². The molecular weight excluding hydrogens is 793 g/mol. The number of unbranched alkanes of at least 4 members (excludes halogenated alkanes) is 22. The molecule has 0 aliphatic carbocycles. The number of nitrogens with zero attached hydrogens (tertiary/aromatic N) is 4. The molecule has 0 aliphatic heterocycles. The highest BCUT2D eigenvalue weighted by Gasteiger charge is 2.22. The van der Waals surface area contributed by atoms with E-state index in [1.54, 1.807) is 0 Å². The Labute approximate surface area is 386 Å². The monoisotopic (exact) mass is 873 g/mol. The van der Waals surface area contributed by atoms with Crippen molar-refractivity contribution in [3.63, 3.8) is 0 Å². The molecular formula is C56H80N4O4. The Morgan fingerprint density at radius 1 is 0.438 bits per heavy atom.